The van der Waals surface area contributed by atoms with E-state index in [9.17, 15) is 0 Å². The van der Waals surface area contributed by atoms with E-state index in [0.29, 0.717) is 17.5 Å². The molecule has 1 heterocycles. The van der Waals surface area contributed by atoms with E-state index in [1.54, 1.807) is 0 Å². The molecule has 0 amide bonds. The fraction of sp³-hybridized carbons (Fsp3) is 0.0156. The minimum Gasteiger partial charge on any atom is -0.208 e. The second kappa shape index (κ2) is 15.7. The average molecular weight is 852 g/mol. The molecule has 13 rings (SSSR count). The fourth-order valence-corrected chi connectivity index (χ4v) is 10.9. The van der Waals surface area contributed by atoms with Gasteiger partial charge in [-0.2, -0.15) is 0 Å². The molecule has 11 aromatic carbocycles. The van der Waals surface area contributed by atoms with Crippen molar-refractivity contribution in [1.29, 1.82) is 0 Å². The van der Waals surface area contributed by atoms with Crippen LogP contribution in [0, 0.1) is 0 Å². The Bertz CT molecular complexity index is 3770. The topological polar surface area (TPSA) is 38.7 Å². The van der Waals surface area contributed by atoms with E-state index < -0.39 is 5.41 Å². The second-order valence-electron chi connectivity index (χ2n) is 17.4. The Labute approximate surface area is 389 Å². The van der Waals surface area contributed by atoms with Gasteiger partial charge in [-0.1, -0.05) is 249 Å². The van der Waals surface area contributed by atoms with Crippen molar-refractivity contribution in [2.24, 2.45) is 0 Å². The molecular formula is C64H41N3. The molecule has 3 heteroatoms. The molecule has 312 valence electrons. The molecule has 0 saturated heterocycles. The molecule has 0 radical (unpaired) electrons. The summed E-state index contributed by atoms with van der Waals surface area (Å²) in [5, 5.41) is 7.12. The van der Waals surface area contributed by atoms with Crippen LogP contribution in [0.1, 0.15) is 22.3 Å². The monoisotopic (exact) mass is 851 g/mol. The third-order valence-corrected chi connectivity index (χ3v) is 13.8. The van der Waals surface area contributed by atoms with Crippen molar-refractivity contribution in [3.63, 3.8) is 0 Å². The lowest BCUT2D eigenvalue weighted by molar-refractivity contribution is 0.769. The van der Waals surface area contributed by atoms with Crippen LogP contribution in [-0.4, -0.2) is 15.0 Å². The summed E-state index contributed by atoms with van der Waals surface area (Å²) in [6, 6.07) is 89.6. The lowest BCUT2D eigenvalue weighted by atomic mass is 9.67. The fourth-order valence-electron chi connectivity index (χ4n) is 10.9. The normalized spacial score (nSPS) is 14.0. The minimum absolute atomic E-state index is 0.483. The molecule has 3 nitrogen and oxygen atoms in total. The van der Waals surface area contributed by atoms with Crippen LogP contribution in [0.5, 0.6) is 0 Å². The summed E-state index contributed by atoms with van der Waals surface area (Å²) in [6.45, 7) is 0. The van der Waals surface area contributed by atoms with Crippen molar-refractivity contribution in [2.75, 3.05) is 0 Å². The van der Waals surface area contributed by atoms with E-state index in [-0.39, 0.29) is 0 Å². The van der Waals surface area contributed by atoms with Crippen LogP contribution in [0.15, 0.2) is 249 Å². The highest BCUT2D eigenvalue weighted by atomic mass is 15.0. The van der Waals surface area contributed by atoms with Crippen LogP contribution >= 0.6 is 0 Å². The van der Waals surface area contributed by atoms with E-state index in [1.807, 2.05) is 36.4 Å². The Morgan fingerprint density at radius 2 is 0.687 bits per heavy atom. The number of fused-ring (bicyclic) bond motifs is 8. The first-order valence-corrected chi connectivity index (χ1v) is 22.9. The van der Waals surface area contributed by atoms with Crippen LogP contribution < -0.4 is 0 Å². The largest absolute Gasteiger partial charge is 0.208 e. The first-order chi connectivity index (χ1) is 33.2. The molecule has 12 aromatic rings. The van der Waals surface area contributed by atoms with Crippen molar-refractivity contribution < 1.29 is 0 Å². The molecule has 0 spiro atoms. The van der Waals surface area contributed by atoms with Gasteiger partial charge in [0.15, 0.2) is 17.5 Å². The summed E-state index contributed by atoms with van der Waals surface area (Å²) in [5.41, 5.74) is 14.6. The molecule has 0 fully saturated rings. The third kappa shape index (κ3) is 6.16. The molecule has 1 unspecified atom stereocenters. The van der Waals surface area contributed by atoms with Gasteiger partial charge in [-0.3, -0.25) is 0 Å². The zero-order chi connectivity index (χ0) is 44.3. The molecule has 1 atom stereocenters. The maximum atomic E-state index is 5.30. The van der Waals surface area contributed by atoms with Crippen molar-refractivity contribution in [3.05, 3.63) is 271 Å². The summed E-state index contributed by atoms with van der Waals surface area (Å²) in [5.74, 6) is 1.91. The second-order valence-corrected chi connectivity index (χ2v) is 17.4. The van der Waals surface area contributed by atoms with Crippen LogP contribution in [-0.2, 0) is 5.41 Å². The SMILES string of the molecule is c1ccc(-c2nc(-c3ccccc3)nc(-c3c(-c4ccc(-c5ccc(C6(c7ccccc7)c7ccccc7-c7c6ccc6ccccc76)cc5)cc4)c4ccccc4c4ccccc34)n2)cc1. The van der Waals surface area contributed by atoms with Crippen molar-refractivity contribution in [2.45, 2.75) is 5.41 Å². The van der Waals surface area contributed by atoms with Gasteiger partial charge in [0.05, 0.1) is 5.41 Å². The molecule has 1 aromatic heterocycles. The van der Waals surface area contributed by atoms with E-state index in [4.69, 9.17) is 15.0 Å². The molecule has 0 N–H and O–H groups in total. The highest BCUT2D eigenvalue weighted by molar-refractivity contribution is 6.21. The first kappa shape index (κ1) is 38.6. The van der Waals surface area contributed by atoms with Gasteiger partial charge in [-0.05, 0) is 82.4 Å². The van der Waals surface area contributed by atoms with Crippen molar-refractivity contribution in [3.8, 4) is 67.5 Å². The lowest BCUT2D eigenvalue weighted by Crippen LogP contribution is -2.28. The van der Waals surface area contributed by atoms with Gasteiger partial charge in [0.2, 0.25) is 0 Å². The number of hydrogen-bond donors (Lipinski definition) is 0. The number of benzene rings is 11. The summed E-state index contributed by atoms with van der Waals surface area (Å²) in [7, 11) is 0. The highest BCUT2D eigenvalue weighted by Gasteiger charge is 2.46. The van der Waals surface area contributed by atoms with Crippen LogP contribution in [0.2, 0.25) is 0 Å². The Morgan fingerprint density at radius 1 is 0.239 bits per heavy atom. The lowest BCUT2D eigenvalue weighted by Gasteiger charge is -2.34. The van der Waals surface area contributed by atoms with Gasteiger partial charge < -0.3 is 0 Å². The average Bonchev–Trinajstić information content (AvgIpc) is 3.73. The standard InChI is InChI=1S/C64H41N3/c1-4-19-46(20-5-1)61-65-62(47-21-6-2-7-22-47)67-63(66-61)60-54-29-15-13-27-52(54)51-26-12-14-28-53(51)58(60)45-34-32-42(33-35-45)43-36-39-49(40-37-43)64(48-23-8-3-9-24-48)56-31-17-16-30-55(56)59-50-25-11-10-18-44(50)38-41-57(59)64/h1-41H. The van der Waals surface area contributed by atoms with E-state index in [1.165, 1.54) is 49.5 Å². The third-order valence-electron chi connectivity index (χ3n) is 13.8. The maximum absolute atomic E-state index is 5.30. The van der Waals surface area contributed by atoms with E-state index in [2.05, 4.69) is 212 Å². The Balaban J connectivity index is 0.968. The van der Waals surface area contributed by atoms with Crippen molar-refractivity contribution in [1.82, 2.24) is 15.0 Å². The predicted octanol–water partition coefficient (Wildman–Crippen LogP) is 16.0. The summed E-state index contributed by atoms with van der Waals surface area (Å²) >= 11 is 0. The van der Waals surface area contributed by atoms with Gasteiger partial charge in [0.25, 0.3) is 0 Å². The Kier molecular flexibility index (Phi) is 9.07. The summed E-state index contributed by atoms with van der Waals surface area (Å²) in [6.07, 6.45) is 0. The molecule has 0 saturated carbocycles. The highest BCUT2D eigenvalue weighted by Crippen LogP contribution is 2.58. The summed E-state index contributed by atoms with van der Waals surface area (Å²) < 4.78 is 0. The smallest absolute Gasteiger partial charge is 0.165 e. The van der Waals surface area contributed by atoms with Gasteiger partial charge in [-0.15, -0.1) is 0 Å². The molecular weight excluding hydrogens is 811 g/mol. The van der Waals surface area contributed by atoms with Crippen LogP contribution in [0.4, 0.5) is 0 Å². The van der Waals surface area contributed by atoms with Crippen LogP contribution in [0.25, 0.3) is 99.9 Å². The Hall–Kier alpha value is -8.79. The predicted molar refractivity (Wildman–Crippen MR) is 277 cm³/mol. The first-order valence-electron chi connectivity index (χ1n) is 22.9. The van der Waals surface area contributed by atoms with Crippen LogP contribution in [0.3, 0.4) is 0 Å². The zero-order valence-corrected chi connectivity index (χ0v) is 36.5. The number of rotatable bonds is 7. The van der Waals surface area contributed by atoms with E-state index in [0.717, 1.165) is 55.1 Å². The number of hydrogen-bond acceptors (Lipinski definition) is 3. The Morgan fingerprint density at radius 3 is 1.31 bits per heavy atom. The van der Waals surface area contributed by atoms with Gasteiger partial charge in [0, 0.05) is 22.3 Å². The molecule has 67 heavy (non-hydrogen) atoms. The molecule has 0 bridgehead atoms. The molecule has 1 aliphatic carbocycles. The van der Waals surface area contributed by atoms with Crippen molar-refractivity contribution >= 4 is 32.3 Å². The van der Waals surface area contributed by atoms with Gasteiger partial charge in [-0.25, -0.2) is 15.0 Å². The van der Waals surface area contributed by atoms with Gasteiger partial charge >= 0.3 is 0 Å². The number of aromatic nitrogens is 3. The van der Waals surface area contributed by atoms with E-state index >= 15 is 0 Å². The maximum Gasteiger partial charge on any atom is 0.165 e. The number of nitrogens with zero attached hydrogens (tertiary/aromatic N) is 3. The molecule has 1 aliphatic rings. The molecule has 0 aliphatic heterocycles. The van der Waals surface area contributed by atoms with Gasteiger partial charge in [0.1, 0.15) is 0 Å². The zero-order valence-electron chi connectivity index (χ0n) is 36.5. The quantitative estimate of drug-likeness (QED) is 0.150. The minimum atomic E-state index is -0.483. The summed E-state index contributed by atoms with van der Waals surface area (Å²) in [4.78, 5) is 15.6.